The van der Waals surface area contributed by atoms with Crippen molar-refractivity contribution < 1.29 is 5.11 Å². The Labute approximate surface area is 122 Å². The van der Waals surface area contributed by atoms with Gasteiger partial charge in [0.15, 0.2) is 0 Å². The molecule has 0 heterocycles. The first-order valence-corrected chi connectivity index (χ1v) is 8.88. The van der Waals surface area contributed by atoms with Crippen molar-refractivity contribution in [1.29, 1.82) is 0 Å². The molecular formula is C18H38O. The van der Waals surface area contributed by atoms with Gasteiger partial charge in [-0.3, -0.25) is 0 Å². The molecule has 0 radical (unpaired) electrons. The van der Waals surface area contributed by atoms with Gasteiger partial charge in [0.05, 0.1) is 0 Å². The first kappa shape index (κ1) is 19.0. The van der Waals surface area contributed by atoms with Crippen LogP contribution < -0.4 is 0 Å². The van der Waals surface area contributed by atoms with E-state index in [4.69, 9.17) is 5.11 Å². The van der Waals surface area contributed by atoms with Crippen LogP contribution in [0.2, 0.25) is 0 Å². The van der Waals surface area contributed by atoms with E-state index >= 15 is 0 Å². The number of aliphatic hydroxyl groups is 1. The molecule has 0 saturated carbocycles. The van der Waals surface area contributed by atoms with Gasteiger partial charge in [0.1, 0.15) is 0 Å². The van der Waals surface area contributed by atoms with Gasteiger partial charge in [-0.25, -0.2) is 0 Å². The van der Waals surface area contributed by atoms with Crippen LogP contribution in [0.1, 0.15) is 104 Å². The van der Waals surface area contributed by atoms with Crippen molar-refractivity contribution >= 4 is 0 Å². The zero-order valence-corrected chi connectivity index (χ0v) is 13.6. The molecule has 0 fully saturated rings. The zero-order chi connectivity index (χ0) is 14.2. The highest BCUT2D eigenvalue weighted by Crippen LogP contribution is 2.14. The summed E-state index contributed by atoms with van der Waals surface area (Å²) in [5.41, 5.74) is 0. The summed E-state index contributed by atoms with van der Waals surface area (Å²) >= 11 is 0. The molecule has 0 saturated heterocycles. The van der Waals surface area contributed by atoms with Crippen LogP contribution in [-0.4, -0.2) is 11.7 Å². The molecule has 0 aromatic carbocycles. The molecule has 0 spiro atoms. The number of hydrogen-bond acceptors (Lipinski definition) is 1. The van der Waals surface area contributed by atoms with Gasteiger partial charge < -0.3 is 5.11 Å². The fourth-order valence-electron chi connectivity index (χ4n) is 2.61. The Kier molecular flexibility index (Phi) is 16.0. The number of unbranched alkanes of at least 4 members (excludes halogenated alkanes) is 12. The van der Waals surface area contributed by atoms with Crippen LogP contribution in [0.25, 0.3) is 0 Å². The molecule has 0 unspecified atom stereocenters. The second kappa shape index (κ2) is 16.0. The molecule has 1 N–H and O–H groups in total. The molecule has 0 aromatic heterocycles. The Hall–Kier alpha value is -0.0400. The fraction of sp³-hybridized carbons (Fsp3) is 1.00. The van der Waals surface area contributed by atoms with Gasteiger partial charge in [0, 0.05) is 6.61 Å². The molecule has 0 bridgehead atoms. The maximum absolute atomic E-state index is 8.67. The molecule has 1 nitrogen and oxygen atoms in total. The minimum atomic E-state index is 0.372. The zero-order valence-electron chi connectivity index (χ0n) is 13.6. The van der Waals surface area contributed by atoms with Crippen LogP contribution in [0.15, 0.2) is 0 Å². The van der Waals surface area contributed by atoms with E-state index in [1.165, 1.54) is 83.5 Å². The summed E-state index contributed by atoms with van der Waals surface area (Å²) in [7, 11) is 0. The van der Waals surface area contributed by atoms with E-state index in [1.54, 1.807) is 0 Å². The SMILES string of the molecule is CC(C)CCCCCCCCCCCCCCCO. The lowest BCUT2D eigenvalue weighted by Crippen LogP contribution is -1.87. The quantitative estimate of drug-likeness (QED) is 0.357. The predicted molar refractivity (Wildman–Crippen MR) is 86.6 cm³/mol. The first-order chi connectivity index (χ1) is 9.27. The van der Waals surface area contributed by atoms with E-state index in [-0.39, 0.29) is 0 Å². The van der Waals surface area contributed by atoms with Gasteiger partial charge in [0.25, 0.3) is 0 Å². The van der Waals surface area contributed by atoms with E-state index in [9.17, 15) is 0 Å². The van der Waals surface area contributed by atoms with E-state index < -0.39 is 0 Å². The Morgan fingerprint density at radius 2 is 0.842 bits per heavy atom. The highest BCUT2D eigenvalue weighted by atomic mass is 16.2. The second-order valence-electron chi connectivity index (χ2n) is 6.50. The highest BCUT2D eigenvalue weighted by molar-refractivity contribution is 4.50. The maximum atomic E-state index is 8.67. The van der Waals surface area contributed by atoms with Gasteiger partial charge >= 0.3 is 0 Å². The summed E-state index contributed by atoms with van der Waals surface area (Å²) in [5.74, 6) is 0.886. The molecule has 0 aliphatic carbocycles. The van der Waals surface area contributed by atoms with Crippen molar-refractivity contribution in [3.8, 4) is 0 Å². The van der Waals surface area contributed by atoms with Crippen molar-refractivity contribution in [2.24, 2.45) is 5.92 Å². The number of hydrogen-bond donors (Lipinski definition) is 1. The van der Waals surface area contributed by atoms with Crippen LogP contribution in [0.4, 0.5) is 0 Å². The lowest BCUT2D eigenvalue weighted by Gasteiger charge is -2.04. The van der Waals surface area contributed by atoms with Gasteiger partial charge in [-0.15, -0.1) is 0 Å². The van der Waals surface area contributed by atoms with Crippen molar-refractivity contribution in [2.75, 3.05) is 6.61 Å². The summed E-state index contributed by atoms with van der Waals surface area (Å²) in [6.45, 7) is 5.02. The van der Waals surface area contributed by atoms with Crippen LogP contribution in [0, 0.1) is 5.92 Å². The van der Waals surface area contributed by atoms with Gasteiger partial charge in [0.2, 0.25) is 0 Å². The monoisotopic (exact) mass is 270 g/mol. The molecule has 116 valence electrons. The van der Waals surface area contributed by atoms with Crippen LogP contribution in [-0.2, 0) is 0 Å². The lowest BCUT2D eigenvalue weighted by atomic mass is 10.0. The molecule has 0 aromatic rings. The van der Waals surface area contributed by atoms with Crippen molar-refractivity contribution in [2.45, 2.75) is 104 Å². The summed E-state index contributed by atoms with van der Waals surface area (Å²) in [5, 5.41) is 8.67. The van der Waals surface area contributed by atoms with E-state index in [0.29, 0.717) is 6.61 Å². The average molecular weight is 271 g/mol. The topological polar surface area (TPSA) is 20.2 Å². The summed E-state index contributed by atoms with van der Waals surface area (Å²) in [4.78, 5) is 0. The largest absolute Gasteiger partial charge is 0.396 e. The summed E-state index contributed by atoms with van der Waals surface area (Å²) in [6.07, 6.45) is 19.3. The van der Waals surface area contributed by atoms with Crippen molar-refractivity contribution in [3.63, 3.8) is 0 Å². The minimum Gasteiger partial charge on any atom is -0.396 e. The van der Waals surface area contributed by atoms with Crippen LogP contribution >= 0.6 is 0 Å². The van der Waals surface area contributed by atoms with Gasteiger partial charge in [-0.05, 0) is 12.3 Å². The first-order valence-electron chi connectivity index (χ1n) is 8.88. The van der Waals surface area contributed by atoms with Gasteiger partial charge in [-0.1, -0.05) is 97.3 Å². The van der Waals surface area contributed by atoms with Crippen molar-refractivity contribution in [1.82, 2.24) is 0 Å². The predicted octanol–water partition coefficient (Wildman–Crippen LogP) is 6.10. The van der Waals surface area contributed by atoms with Gasteiger partial charge in [-0.2, -0.15) is 0 Å². The standard InChI is InChI=1S/C18H38O/c1-18(2)16-14-12-10-8-6-4-3-5-7-9-11-13-15-17-19/h18-19H,3-17H2,1-2H3. The lowest BCUT2D eigenvalue weighted by molar-refractivity contribution is 0.282. The Morgan fingerprint density at radius 1 is 0.526 bits per heavy atom. The second-order valence-corrected chi connectivity index (χ2v) is 6.50. The smallest absolute Gasteiger partial charge is 0.0431 e. The molecule has 0 amide bonds. The normalized spacial score (nSPS) is 11.4. The molecular weight excluding hydrogens is 232 g/mol. The third-order valence-electron chi connectivity index (χ3n) is 3.94. The maximum Gasteiger partial charge on any atom is 0.0431 e. The average Bonchev–Trinajstić information content (AvgIpc) is 2.39. The Balaban J connectivity index is 2.91. The summed E-state index contributed by atoms with van der Waals surface area (Å²) in [6, 6.07) is 0. The van der Waals surface area contributed by atoms with Crippen LogP contribution in [0.5, 0.6) is 0 Å². The van der Waals surface area contributed by atoms with Crippen LogP contribution in [0.3, 0.4) is 0 Å². The minimum absolute atomic E-state index is 0.372. The molecule has 0 rings (SSSR count). The molecule has 1 heteroatoms. The molecule has 0 aliphatic rings. The number of rotatable bonds is 15. The Morgan fingerprint density at radius 3 is 1.16 bits per heavy atom. The third kappa shape index (κ3) is 18.0. The third-order valence-corrected chi connectivity index (χ3v) is 3.94. The van der Waals surface area contributed by atoms with E-state index in [0.717, 1.165) is 12.3 Å². The van der Waals surface area contributed by atoms with E-state index in [2.05, 4.69) is 13.8 Å². The number of aliphatic hydroxyl groups excluding tert-OH is 1. The molecule has 0 atom stereocenters. The van der Waals surface area contributed by atoms with E-state index in [1.807, 2.05) is 0 Å². The van der Waals surface area contributed by atoms with Crippen molar-refractivity contribution in [3.05, 3.63) is 0 Å². The summed E-state index contributed by atoms with van der Waals surface area (Å²) < 4.78 is 0. The highest BCUT2D eigenvalue weighted by Gasteiger charge is 1.95. The fourth-order valence-corrected chi connectivity index (χ4v) is 2.61. The molecule has 0 aliphatic heterocycles. The molecule has 19 heavy (non-hydrogen) atoms. The Bertz CT molecular complexity index is 154.